The van der Waals surface area contributed by atoms with Crippen molar-refractivity contribution in [2.75, 3.05) is 45.1 Å². The zero-order valence-corrected chi connectivity index (χ0v) is 16.0. The van der Waals surface area contributed by atoms with Crippen LogP contribution in [0.25, 0.3) is 0 Å². The van der Waals surface area contributed by atoms with Crippen molar-refractivity contribution in [2.45, 2.75) is 25.7 Å². The van der Waals surface area contributed by atoms with E-state index in [0.29, 0.717) is 45.8 Å². The van der Waals surface area contributed by atoms with Gasteiger partial charge < -0.3 is 9.64 Å². The molecule has 0 saturated carbocycles. The topological polar surface area (TPSA) is 66.9 Å². The summed E-state index contributed by atoms with van der Waals surface area (Å²) in [5, 5.41) is 0. The van der Waals surface area contributed by atoms with Gasteiger partial charge in [0.15, 0.2) is 0 Å². The van der Waals surface area contributed by atoms with Crippen molar-refractivity contribution in [1.82, 2.24) is 9.21 Å². The lowest BCUT2D eigenvalue weighted by Crippen LogP contribution is -2.49. The number of hydrogen-bond acceptors (Lipinski definition) is 4. The van der Waals surface area contributed by atoms with Gasteiger partial charge in [-0.1, -0.05) is 30.3 Å². The summed E-state index contributed by atoms with van der Waals surface area (Å²) in [7, 11) is -3.31. The van der Waals surface area contributed by atoms with Crippen LogP contribution in [-0.2, 0) is 26.0 Å². The Kier molecular flexibility index (Phi) is 6.67. The van der Waals surface area contributed by atoms with Crippen LogP contribution < -0.4 is 0 Å². The van der Waals surface area contributed by atoms with Crippen LogP contribution >= 0.6 is 0 Å². The summed E-state index contributed by atoms with van der Waals surface area (Å²) in [5.74, 6) is 0.00335. The number of morpholine rings is 1. The minimum atomic E-state index is -3.31. The minimum absolute atomic E-state index is 0.0810. The zero-order valence-electron chi connectivity index (χ0n) is 15.2. The number of ether oxygens (including phenoxy) is 1. The second kappa shape index (κ2) is 8.97. The molecule has 2 aliphatic heterocycles. The summed E-state index contributed by atoms with van der Waals surface area (Å²) < 4.78 is 32.2. The van der Waals surface area contributed by atoms with E-state index >= 15 is 0 Å². The number of carbonyl (C=O) groups excluding carboxylic acids is 1. The summed E-state index contributed by atoms with van der Waals surface area (Å²) >= 11 is 0. The maximum Gasteiger partial charge on any atom is 0.227 e. The molecule has 1 aromatic rings. The van der Waals surface area contributed by atoms with E-state index in [9.17, 15) is 13.2 Å². The van der Waals surface area contributed by atoms with Crippen LogP contribution in [0.4, 0.5) is 0 Å². The SMILES string of the molecule is O=C(C1CCCN(S(=O)(=O)CCCc2ccccc2)C1)N1CCOCC1. The molecule has 2 aliphatic rings. The lowest BCUT2D eigenvalue weighted by Gasteiger charge is -2.35. The van der Waals surface area contributed by atoms with Crippen LogP contribution in [0.2, 0.25) is 0 Å². The average Bonchev–Trinajstić information content (AvgIpc) is 2.69. The Morgan fingerprint density at radius 3 is 2.58 bits per heavy atom. The first-order valence-electron chi connectivity index (χ1n) is 9.44. The molecule has 0 spiro atoms. The molecule has 7 heteroatoms. The Labute approximate surface area is 156 Å². The third-order valence-corrected chi connectivity index (χ3v) is 7.08. The molecule has 1 amide bonds. The van der Waals surface area contributed by atoms with Crippen LogP contribution in [0.3, 0.4) is 0 Å². The van der Waals surface area contributed by atoms with Gasteiger partial charge in [0.05, 0.1) is 24.9 Å². The summed E-state index contributed by atoms with van der Waals surface area (Å²) in [6.07, 6.45) is 2.87. The molecule has 0 radical (unpaired) electrons. The van der Waals surface area contributed by atoms with Crippen molar-refractivity contribution in [3.05, 3.63) is 35.9 Å². The molecule has 1 atom stereocenters. The largest absolute Gasteiger partial charge is 0.378 e. The monoisotopic (exact) mass is 380 g/mol. The number of benzene rings is 1. The quantitative estimate of drug-likeness (QED) is 0.750. The molecule has 0 aliphatic carbocycles. The predicted molar refractivity (Wildman–Crippen MR) is 100 cm³/mol. The molecule has 6 nitrogen and oxygen atoms in total. The van der Waals surface area contributed by atoms with E-state index in [4.69, 9.17) is 4.74 Å². The number of aryl methyl sites for hydroxylation is 1. The second-order valence-electron chi connectivity index (χ2n) is 7.04. The van der Waals surface area contributed by atoms with Crippen molar-refractivity contribution in [1.29, 1.82) is 0 Å². The summed E-state index contributed by atoms with van der Waals surface area (Å²) in [4.78, 5) is 14.5. The Morgan fingerprint density at radius 2 is 1.85 bits per heavy atom. The number of piperidine rings is 1. The van der Waals surface area contributed by atoms with E-state index in [2.05, 4.69) is 0 Å². The number of hydrogen-bond donors (Lipinski definition) is 0. The third kappa shape index (κ3) is 5.05. The van der Waals surface area contributed by atoms with E-state index < -0.39 is 10.0 Å². The number of carbonyl (C=O) groups is 1. The fourth-order valence-electron chi connectivity index (χ4n) is 3.67. The number of nitrogens with zero attached hydrogens (tertiary/aromatic N) is 2. The van der Waals surface area contributed by atoms with E-state index in [-0.39, 0.29) is 17.6 Å². The highest BCUT2D eigenvalue weighted by molar-refractivity contribution is 7.89. The molecule has 1 aromatic carbocycles. The van der Waals surface area contributed by atoms with Crippen molar-refractivity contribution < 1.29 is 17.9 Å². The van der Waals surface area contributed by atoms with Crippen LogP contribution in [-0.4, -0.2) is 68.7 Å². The highest BCUT2D eigenvalue weighted by Crippen LogP contribution is 2.22. The Hall–Kier alpha value is -1.44. The van der Waals surface area contributed by atoms with Crippen molar-refractivity contribution in [2.24, 2.45) is 5.92 Å². The number of rotatable bonds is 6. The molecule has 0 aromatic heterocycles. The van der Waals surface area contributed by atoms with Crippen molar-refractivity contribution in [3.8, 4) is 0 Å². The zero-order chi connectivity index (χ0) is 18.4. The summed E-state index contributed by atoms with van der Waals surface area (Å²) in [6.45, 7) is 3.21. The van der Waals surface area contributed by atoms with Gasteiger partial charge in [0, 0.05) is 26.2 Å². The molecule has 144 valence electrons. The molecule has 0 bridgehead atoms. The van der Waals surface area contributed by atoms with Gasteiger partial charge in [0.25, 0.3) is 0 Å². The third-order valence-electron chi connectivity index (χ3n) is 5.16. The van der Waals surface area contributed by atoms with Crippen molar-refractivity contribution >= 4 is 15.9 Å². The van der Waals surface area contributed by atoms with E-state index in [0.717, 1.165) is 24.8 Å². The lowest BCUT2D eigenvalue weighted by atomic mass is 9.98. The molecule has 2 saturated heterocycles. The van der Waals surface area contributed by atoms with Gasteiger partial charge in [0.2, 0.25) is 15.9 Å². The molecule has 1 unspecified atom stereocenters. The number of amides is 1. The van der Waals surface area contributed by atoms with Gasteiger partial charge in [-0.25, -0.2) is 12.7 Å². The highest BCUT2D eigenvalue weighted by atomic mass is 32.2. The minimum Gasteiger partial charge on any atom is -0.378 e. The second-order valence-corrected chi connectivity index (χ2v) is 9.13. The van der Waals surface area contributed by atoms with Gasteiger partial charge in [-0.3, -0.25) is 4.79 Å². The molecular formula is C19H28N2O4S. The lowest BCUT2D eigenvalue weighted by molar-refractivity contribution is -0.140. The van der Waals surface area contributed by atoms with Crippen molar-refractivity contribution in [3.63, 3.8) is 0 Å². The molecular weight excluding hydrogens is 352 g/mol. The fourth-order valence-corrected chi connectivity index (χ4v) is 5.25. The standard InChI is InChI=1S/C19H28N2O4S/c22-19(20-11-13-25-14-12-20)18-9-4-10-21(16-18)26(23,24)15-5-8-17-6-2-1-3-7-17/h1-3,6-7,18H,4-5,8-16H2. The fraction of sp³-hybridized carbons (Fsp3) is 0.632. The van der Waals surface area contributed by atoms with Gasteiger partial charge >= 0.3 is 0 Å². The first-order chi connectivity index (χ1) is 12.6. The Bertz CT molecular complexity index is 687. The van der Waals surface area contributed by atoms with E-state index in [1.165, 1.54) is 4.31 Å². The average molecular weight is 381 g/mol. The van der Waals surface area contributed by atoms with E-state index in [1.54, 1.807) is 0 Å². The maximum atomic E-state index is 12.7. The summed E-state index contributed by atoms with van der Waals surface area (Å²) in [5.41, 5.74) is 1.15. The normalized spacial score (nSPS) is 22.3. The Balaban J connectivity index is 1.52. The van der Waals surface area contributed by atoms with Crippen LogP contribution in [0.1, 0.15) is 24.8 Å². The van der Waals surface area contributed by atoms with Crippen LogP contribution in [0.15, 0.2) is 30.3 Å². The smallest absolute Gasteiger partial charge is 0.227 e. The first kappa shape index (κ1) is 19.3. The van der Waals surface area contributed by atoms with Gasteiger partial charge in [0.1, 0.15) is 0 Å². The molecule has 26 heavy (non-hydrogen) atoms. The maximum absolute atomic E-state index is 12.7. The van der Waals surface area contributed by atoms with Gasteiger partial charge in [-0.2, -0.15) is 0 Å². The molecule has 2 fully saturated rings. The molecule has 2 heterocycles. The Morgan fingerprint density at radius 1 is 1.12 bits per heavy atom. The van der Waals surface area contributed by atoms with Crippen LogP contribution in [0.5, 0.6) is 0 Å². The first-order valence-corrected chi connectivity index (χ1v) is 11.1. The molecule has 3 rings (SSSR count). The van der Waals surface area contributed by atoms with Gasteiger partial charge in [-0.15, -0.1) is 0 Å². The van der Waals surface area contributed by atoms with E-state index in [1.807, 2.05) is 35.2 Å². The summed E-state index contributed by atoms with van der Waals surface area (Å²) in [6, 6.07) is 9.93. The van der Waals surface area contributed by atoms with Crippen LogP contribution in [0, 0.1) is 5.92 Å². The van der Waals surface area contributed by atoms with Gasteiger partial charge in [-0.05, 0) is 31.2 Å². The highest BCUT2D eigenvalue weighted by Gasteiger charge is 2.34. The molecule has 0 N–H and O–H groups in total. The number of sulfonamides is 1. The predicted octanol–water partition coefficient (Wildman–Crippen LogP) is 1.52.